The highest BCUT2D eigenvalue weighted by molar-refractivity contribution is 6.08. The maximum atomic E-state index is 12.1. The van der Waals surface area contributed by atoms with Crippen LogP contribution in [0.2, 0.25) is 0 Å². The second-order valence-corrected chi connectivity index (χ2v) is 9.10. The Morgan fingerprint density at radius 2 is 1.71 bits per heavy atom. The number of benzene rings is 2. The van der Waals surface area contributed by atoms with Crippen molar-refractivity contribution in [3.63, 3.8) is 0 Å². The predicted octanol–water partition coefficient (Wildman–Crippen LogP) is 4.75. The van der Waals surface area contributed by atoms with Crippen LogP contribution >= 0.6 is 0 Å². The molecule has 0 amide bonds. The predicted molar refractivity (Wildman–Crippen MR) is 128 cm³/mol. The topological polar surface area (TPSA) is 43.5 Å². The fraction of sp³-hybridized carbons (Fsp3) is 0.259. The Bertz CT molecular complexity index is 1220. The zero-order valence-electron chi connectivity index (χ0n) is 19.0. The number of allylic oxidation sites excluding steroid dienone is 5. The van der Waals surface area contributed by atoms with Crippen molar-refractivity contribution < 1.29 is 14.5 Å². The molecule has 0 bridgehead atoms. The van der Waals surface area contributed by atoms with Crippen LogP contribution in [0.15, 0.2) is 71.8 Å². The van der Waals surface area contributed by atoms with Gasteiger partial charge in [-0.1, -0.05) is 38.1 Å². The zero-order chi connectivity index (χ0) is 22.5. The van der Waals surface area contributed by atoms with Gasteiger partial charge in [-0.2, -0.15) is 0 Å². The molecule has 0 fully saturated rings. The van der Waals surface area contributed by atoms with Gasteiger partial charge in [-0.15, -0.1) is 0 Å². The minimum Gasteiger partial charge on any atom is -0.478 e. The van der Waals surface area contributed by atoms with Crippen LogP contribution in [0, 0.1) is 0 Å². The Morgan fingerprint density at radius 3 is 2.35 bits per heavy atom. The third kappa shape index (κ3) is 3.32. The Morgan fingerprint density at radius 1 is 1.00 bits per heavy atom. The molecule has 2 aromatic rings. The van der Waals surface area contributed by atoms with E-state index in [4.69, 9.17) is 0 Å². The van der Waals surface area contributed by atoms with Crippen LogP contribution in [0.3, 0.4) is 0 Å². The number of hydrogen-bond acceptors (Lipinski definition) is 2. The van der Waals surface area contributed by atoms with Gasteiger partial charge >= 0.3 is 5.97 Å². The van der Waals surface area contributed by atoms with Gasteiger partial charge in [-0.05, 0) is 57.7 Å². The number of carbonyl (C=O) groups is 1. The number of carboxylic acid groups (broad SMARTS) is 1. The van der Waals surface area contributed by atoms with E-state index in [0.717, 1.165) is 33.7 Å². The van der Waals surface area contributed by atoms with E-state index < -0.39 is 5.97 Å². The van der Waals surface area contributed by atoms with Crippen LogP contribution in [0.5, 0.6) is 0 Å². The van der Waals surface area contributed by atoms with Crippen molar-refractivity contribution in [2.24, 2.45) is 0 Å². The molecule has 2 aliphatic rings. The third-order valence-corrected chi connectivity index (χ3v) is 6.35. The highest BCUT2D eigenvalue weighted by atomic mass is 16.4. The number of hydrogen-bond donors (Lipinski definition) is 1. The molecule has 0 saturated carbocycles. The molecular formula is C27H29N2O2+. The molecule has 31 heavy (non-hydrogen) atoms. The second kappa shape index (κ2) is 7.38. The standard InChI is InChI=1S/C27H28N2O2/c1-27(2)23-15-17(28(3)4)11-13-21(23)25(19-9-7-8-10-20(19)26(30)31)22-14-12-18(29(5)6)16-24(22)27/h7-16H,1-6H3/p+1. The van der Waals surface area contributed by atoms with Crippen LogP contribution in [0.25, 0.3) is 5.57 Å². The molecule has 4 nitrogen and oxygen atoms in total. The first-order valence-corrected chi connectivity index (χ1v) is 10.5. The molecule has 0 aromatic heterocycles. The fourth-order valence-electron chi connectivity index (χ4n) is 4.56. The summed E-state index contributed by atoms with van der Waals surface area (Å²) in [4.78, 5) is 14.2. The summed E-state index contributed by atoms with van der Waals surface area (Å²) >= 11 is 0. The molecule has 0 heterocycles. The monoisotopic (exact) mass is 413 g/mol. The molecule has 2 aliphatic carbocycles. The first kappa shape index (κ1) is 20.9. The SMILES string of the molecule is CN(C)c1ccc2c(c1)C(C)(C)C1=CC(=[N+](C)C)C=CC1=C2c1ccccc1C(=O)O. The van der Waals surface area contributed by atoms with E-state index in [-0.39, 0.29) is 5.41 Å². The van der Waals surface area contributed by atoms with Crippen molar-refractivity contribution in [2.45, 2.75) is 19.3 Å². The molecule has 0 atom stereocenters. The lowest BCUT2D eigenvalue weighted by Crippen LogP contribution is -2.31. The van der Waals surface area contributed by atoms with Crippen molar-refractivity contribution in [1.82, 2.24) is 0 Å². The highest BCUT2D eigenvalue weighted by Gasteiger charge is 2.39. The molecule has 0 unspecified atom stereocenters. The Kier molecular flexibility index (Phi) is 4.97. The van der Waals surface area contributed by atoms with E-state index in [1.165, 1.54) is 11.1 Å². The van der Waals surface area contributed by atoms with Crippen LogP contribution < -0.4 is 4.90 Å². The van der Waals surface area contributed by atoms with E-state index >= 15 is 0 Å². The molecule has 0 radical (unpaired) electrons. The quantitative estimate of drug-likeness (QED) is 0.739. The summed E-state index contributed by atoms with van der Waals surface area (Å²) in [7, 11) is 8.17. The minimum absolute atomic E-state index is 0.232. The third-order valence-electron chi connectivity index (χ3n) is 6.35. The van der Waals surface area contributed by atoms with Gasteiger partial charge in [0.05, 0.1) is 5.56 Å². The number of rotatable bonds is 3. The lowest BCUT2D eigenvalue weighted by molar-refractivity contribution is -0.462. The molecule has 0 aliphatic heterocycles. The van der Waals surface area contributed by atoms with Crippen LogP contribution in [-0.4, -0.2) is 49.6 Å². The minimum atomic E-state index is -0.911. The van der Waals surface area contributed by atoms with E-state index in [2.05, 4.69) is 59.8 Å². The maximum Gasteiger partial charge on any atom is 0.336 e. The summed E-state index contributed by atoms with van der Waals surface area (Å²) in [6.45, 7) is 4.51. The lowest BCUT2D eigenvalue weighted by Gasteiger charge is -2.39. The van der Waals surface area contributed by atoms with Gasteiger partial charge in [0.15, 0.2) is 5.71 Å². The Labute approximate surface area is 184 Å². The molecule has 1 N–H and O–H groups in total. The molecule has 0 saturated heterocycles. The van der Waals surface area contributed by atoms with Crippen molar-refractivity contribution in [3.8, 4) is 0 Å². The van der Waals surface area contributed by atoms with E-state index in [9.17, 15) is 9.90 Å². The average molecular weight is 414 g/mol. The highest BCUT2D eigenvalue weighted by Crippen LogP contribution is 2.50. The number of fused-ring (bicyclic) bond motifs is 2. The normalized spacial score (nSPS) is 16.5. The number of anilines is 1. The molecule has 4 rings (SSSR count). The first-order valence-electron chi connectivity index (χ1n) is 10.5. The van der Waals surface area contributed by atoms with E-state index in [1.54, 1.807) is 12.1 Å². The largest absolute Gasteiger partial charge is 0.478 e. The van der Waals surface area contributed by atoms with Crippen molar-refractivity contribution in [1.29, 1.82) is 0 Å². The molecule has 158 valence electrons. The van der Waals surface area contributed by atoms with Crippen LogP contribution in [0.4, 0.5) is 5.69 Å². The Hall–Kier alpha value is -3.40. The number of aromatic carboxylic acids is 1. The maximum absolute atomic E-state index is 12.1. The molecule has 2 aromatic carbocycles. The van der Waals surface area contributed by atoms with Gasteiger partial charge in [-0.3, -0.25) is 0 Å². The average Bonchev–Trinajstić information content (AvgIpc) is 2.73. The van der Waals surface area contributed by atoms with Gasteiger partial charge in [-0.25, -0.2) is 9.37 Å². The Balaban J connectivity index is 2.13. The lowest BCUT2D eigenvalue weighted by atomic mass is 9.64. The van der Waals surface area contributed by atoms with Crippen molar-refractivity contribution >= 4 is 22.9 Å². The van der Waals surface area contributed by atoms with Crippen molar-refractivity contribution in [3.05, 3.63) is 94.1 Å². The summed E-state index contributed by atoms with van der Waals surface area (Å²) in [5.74, 6) is -0.911. The van der Waals surface area contributed by atoms with Gasteiger partial charge in [0.2, 0.25) is 0 Å². The van der Waals surface area contributed by atoms with Gasteiger partial charge in [0, 0.05) is 37.3 Å². The summed E-state index contributed by atoms with van der Waals surface area (Å²) in [5.41, 5.74) is 8.68. The van der Waals surface area contributed by atoms with Gasteiger partial charge in [0.1, 0.15) is 14.1 Å². The van der Waals surface area contributed by atoms with Crippen LogP contribution in [-0.2, 0) is 5.41 Å². The zero-order valence-corrected chi connectivity index (χ0v) is 19.0. The molecule has 0 spiro atoms. The molecule has 4 heteroatoms. The van der Waals surface area contributed by atoms with Crippen molar-refractivity contribution in [2.75, 3.05) is 33.1 Å². The molecular weight excluding hydrogens is 384 g/mol. The fourth-order valence-corrected chi connectivity index (χ4v) is 4.56. The van der Waals surface area contributed by atoms with Crippen LogP contribution in [0.1, 0.15) is 40.9 Å². The summed E-state index contributed by atoms with van der Waals surface area (Å²) in [6, 6.07) is 13.8. The van der Waals surface area contributed by atoms with Gasteiger partial charge in [0.25, 0.3) is 0 Å². The smallest absolute Gasteiger partial charge is 0.336 e. The first-order chi connectivity index (χ1) is 14.6. The second-order valence-electron chi connectivity index (χ2n) is 9.10. The summed E-state index contributed by atoms with van der Waals surface area (Å²) < 4.78 is 2.10. The number of carboxylic acids is 1. The number of nitrogens with zero attached hydrogens (tertiary/aromatic N) is 2. The van der Waals surface area contributed by atoms with Gasteiger partial charge < -0.3 is 10.0 Å². The summed E-state index contributed by atoms with van der Waals surface area (Å²) in [5, 5.41) is 9.90. The van der Waals surface area contributed by atoms with E-state index in [1.807, 2.05) is 40.3 Å². The summed E-state index contributed by atoms with van der Waals surface area (Å²) in [6.07, 6.45) is 6.49. The van der Waals surface area contributed by atoms with E-state index in [0.29, 0.717) is 5.56 Å².